The predicted molar refractivity (Wildman–Crippen MR) is 71.2 cm³/mol. The van der Waals surface area contributed by atoms with Crippen LogP contribution in [0.15, 0.2) is 19.6 Å². The molecule has 2 heterocycles. The van der Waals surface area contributed by atoms with Crippen LogP contribution in [0, 0.1) is 5.92 Å². The second-order valence-corrected chi connectivity index (χ2v) is 5.89. The van der Waals surface area contributed by atoms with Crippen molar-refractivity contribution in [3.63, 3.8) is 0 Å². The topological polar surface area (TPSA) is 42.4 Å². The van der Waals surface area contributed by atoms with Crippen molar-refractivity contribution in [1.29, 1.82) is 0 Å². The van der Waals surface area contributed by atoms with E-state index in [1.165, 1.54) is 12.8 Å². The Morgan fingerprint density at radius 1 is 1.50 bits per heavy atom. The average molecular weight is 352 g/mol. The Balaban J connectivity index is 1.93. The SMILES string of the molecule is NCC1CCCN(Cc2cc(Br)c(Br)o2)C1. The molecule has 16 heavy (non-hydrogen) atoms. The quantitative estimate of drug-likeness (QED) is 0.910. The van der Waals surface area contributed by atoms with Crippen LogP contribution < -0.4 is 5.73 Å². The summed E-state index contributed by atoms with van der Waals surface area (Å²) in [7, 11) is 0. The van der Waals surface area contributed by atoms with Gasteiger partial charge in [0.05, 0.1) is 11.0 Å². The third-order valence-electron chi connectivity index (χ3n) is 3.01. The monoisotopic (exact) mass is 350 g/mol. The van der Waals surface area contributed by atoms with Gasteiger partial charge in [-0.3, -0.25) is 4.90 Å². The van der Waals surface area contributed by atoms with Gasteiger partial charge in [-0.25, -0.2) is 0 Å². The van der Waals surface area contributed by atoms with E-state index in [0.717, 1.165) is 41.1 Å². The fraction of sp³-hybridized carbons (Fsp3) is 0.636. The van der Waals surface area contributed by atoms with Gasteiger partial charge < -0.3 is 10.2 Å². The van der Waals surface area contributed by atoms with Crippen molar-refractivity contribution in [1.82, 2.24) is 4.90 Å². The lowest BCUT2D eigenvalue weighted by atomic mass is 9.98. The van der Waals surface area contributed by atoms with Crippen molar-refractivity contribution in [2.45, 2.75) is 19.4 Å². The van der Waals surface area contributed by atoms with Crippen molar-refractivity contribution >= 4 is 31.9 Å². The standard InChI is InChI=1S/C11H16Br2N2O/c12-10-4-9(16-11(10)13)7-15-3-1-2-8(5-14)6-15/h4,8H,1-3,5-7,14H2. The molecule has 1 unspecified atom stereocenters. The van der Waals surface area contributed by atoms with Crippen molar-refractivity contribution in [3.05, 3.63) is 21.0 Å². The van der Waals surface area contributed by atoms with Gasteiger partial charge in [-0.2, -0.15) is 0 Å². The molecule has 0 bridgehead atoms. The molecule has 2 rings (SSSR count). The third kappa shape index (κ3) is 3.09. The largest absolute Gasteiger partial charge is 0.452 e. The van der Waals surface area contributed by atoms with Crippen LogP contribution >= 0.6 is 31.9 Å². The lowest BCUT2D eigenvalue weighted by Gasteiger charge is -2.31. The van der Waals surface area contributed by atoms with Gasteiger partial charge >= 0.3 is 0 Å². The number of rotatable bonds is 3. The number of nitrogens with zero attached hydrogens (tertiary/aromatic N) is 1. The van der Waals surface area contributed by atoms with Crippen molar-refractivity contribution in [2.75, 3.05) is 19.6 Å². The summed E-state index contributed by atoms with van der Waals surface area (Å²) in [5, 5.41) is 0. The summed E-state index contributed by atoms with van der Waals surface area (Å²) < 4.78 is 7.34. The maximum absolute atomic E-state index is 5.72. The van der Waals surface area contributed by atoms with E-state index in [-0.39, 0.29) is 0 Å². The van der Waals surface area contributed by atoms with Crippen LogP contribution in [0.5, 0.6) is 0 Å². The summed E-state index contributed by atoms with van der Waals surface area (Å²) in [4.78, 5) is 2.42. The molecule has 5 heteroatoms. The van der Waals surface area contributed by atoms with Gasteiger partial charge in [-0.15, -0.1) is 0 Å². The van der Waals surface area contributed by atoms with Crippen LogP contribution in [0.4, 0.5) is 0 Å². The molecule has 0 radical (unpaired) electrons. The summed E-state index contributed by atoms with van der Waals surface area (Å²) in [6.07, 6.45) is 2.50. The average Bonchev–Trinajstić information content (AvgIpc) is 2.58. The summed E-state index contributed by atoms with van der Waals surface area (Å²) in [6.45, 7) is 3.90. The molecule has 0 spiro atoms. The van der Waals surface area contributed by atoms with Gasteiger partial charge in [0.2, 0.25) is 0 Å². The minimum atomic E-state index is 0.649. The van der Waals surface area contributed by atoms with Crippen molar-refractivity contribution in [3.8, 4) is 0 Å². The second-order valence-electron chi connectivity index (χ2n) is 4.31. The van der Waals surface area contributed by atoms with Gasteiger partial charge in [-0.1, -0.05) is 0 Å². The molecule has 1 fully saturated rings. The van der Waals surface area contributed by atoms with Crippen LogP contribution in [0.3, 0.4) is 0 Å². The van der Waals surface area contributed by atoms with E-state index in [1.54, 1.807) is 0 Å². The molecule has 1 aliphatic heterocycles. The highest BCUT2D eigenvalue weighted by molar-refractivity contribution is 9.13. The van der Waals surface area contributed by atoms with Crippen molar-refractivity contribution in [2.24, 2.45) is 11.7 Å². The summed E-state index contributed by atoms with van der Waals surface area (Å²) in [5.41, 5.74) is 5.72. The molecule has 1 atom stereocenters. The van der Waals surface area contributed by atoms with E-state index in [9.17, 15) is 0 Å². The molecule has 90 valence electrons. The zero-order chi connectivity index (χ0) is 11.5. The molecule has 0 aromatic carbocycles. The molecule has 0 saturated carbocycles. The third-order valence-corrected chi connectivity index (χ3v) is 4.72. The van der Waals surface area contributed by atoms with Crippen molar-refractivity contribution < 1.29 is 4.42 Å². The Morgan fingerprint density at radius 3 is 2.94 bits per heavy atom. The fourth-order valence-electron chi connectivity index (χ4n) is 2.18. The first-order valence-corrected chi connectivity index (χ1v) is 7.13. The van der Waals surface area contributed by atoms with E-state index >= 15 is 0 Å². The fourth-order valence-corrected chi connectivity index (χ4v) is 2.84. The number of nitrogens with two attached hydrogens (primary N) is 1. The van der Waals surface area contributed by atoms with Crippen LogP contribution in [0.1, 0.15) is 18.6 Å². The van der Waals surface area contributed by atoms with Gasteiger partial charge in [0.15, 0.2) is 4.67 Å². The van der Waals surface area contributed by atoms with Crippen LogP contribution in [-0.2, 0) is 6.54 Å². The maximum atomic E-state index is 5.72. The minimum absolute atomic E-state index is 0.649. The van der Waals surface area contributed by atoms with Crippen LogP contribution in [0.2, 0.25) is 0 Å². The Labute approximate surface area is 113 Å². The Hall–Kier alpha value is 0.160. The zero-order valence-electron chi connectivity index (χ0n) is 9.09. The number of piperidine rings is 1. The smallest absolute Gasteiger partial charge is 0.183 e. The lowest BCUT2D eigenvalue weighted by Crippen LogP contribution is -2.37. The Kier molecular flexibility index (Phi) is 4.47. The molecule has 1 aliphatic rings. The predicted octanol–water partition coefficient (Wildman–Crippen LogP) is 2.98. The molecule has 3 nitrogen and oxygen atoms in total. The first kappa shape index (κ1) is 12.6. The molecule has 0 amide bonds. The number of halogens is 2. The Morgan fingerprint density at radius 2 is 2.31 bits per heavy atom. The maximum Gasteiger partial charge on any atom is 0.183 e. The number of likely N-dealkylation sites (tertiary alicyclic amines) is 1. The van der Waals surface area contributed by atoms with E-state index < -0.39 is 0 Å². The molecule has 1 saturated heterocycles. The highest BCUT2D eigenvalue weighted by Gasteiger charge is 2.20. The molecule has 0 aliphatic carbocycles. The number of hydrogen-bond donors (Lipinski definition) is 1. The van der Waals surface area contributed by atoms with E-state index in [2.05, 4.69) is 36.8 Å². The van der Waals surface area contributed by atoms with E-state index in [4.69, 9.17) is 10.2 Å². The minimum Gasteiger partial charge on any atom is -0.452 e. The summed E-state index contributed by atoms with van der Waals surface area (Å²) in [6, 6.07) is 2.02. The summed E-state index contributed by atoms with van der Waals surface area (Å²) in [5.74, 6) is 1.65. The van der Waals surface area contributed by atoms with E-state index in [0.29, 0.717) is 5.92 Å². The highest BCUT2D eigenvalue weighted by atomic mass is 79.9. The second kappa shape index (κ2) is 5.67. The number of hydrogen-bond acceptors (Lipinski definition) is 3. The molecule has 2 N–H and O–H groups in total. The highest BCUT2D eigenvalue weighted by Crippen LogP contribution is 2.28. The molecular formula is C11H16Br2N2O. The zero-order valence-corrected chi connectivity index (χ0v) is 12.3. The van der Waals surface area contributed by atoms with Gasteiger partial charge in [0.25, 0.3) is 0 Å². The van der Waals surface area contributed by atoms with Gasteiger partial charge in [0.1, 0.15) is 5.76 Å². The van der Waals surface area contributed by atoms with Gasteiger partial charge in [0, 0.05) is 6.54 Å². The van der Waals surface area contributed by atoms with Crippen LogP contribution in [0.25, 0.3) is 0 Å². The van der Waals surface area contributed by atoms with E-state index in [1.807, 2.05) is 6.07 Å². The lowest BCUT2D eigenvalue weighted by molar-refractivity contribution is 0.160. The summed E-state index contributed by atoms with van der Waals surface area (Å²) >= 11 is 6.78. The first-order valence-electron chi connectivity index (χ1n) is 5.55. The molecular weight excluding hydrogens is 336 g/mol. The normalized spacial score (nSPS) is 22.6. The molecule has 1 aromatic heterocycles. The number of furan rings is 1. The van der Waals surface area contributed by atoms with Crippen LogP contribution in [-0.4, -0.2) is 24.5 Å². The Bertz CT molecular complexity index is 334. The molecule has 1 aromatic rings. The van der Waals surface area contributed by atoms with Gasteiger partial charge in [-0.05, 0) is 69.8 Å². The first-order chi connectivity index (χ1) is 7.69.